The van der Waals surface area contributed by atoms with Crippen molar-refractivity contribution in [2.24, 2.45) is 5.14 Å². The van der Waals surface area contributed by atoms with E-state index in [9.17, 15) is 0 Å². The predicted molar refractivity (Wildman–Crippen MR) is 53.3 cm³/mol. The molecule has 0 radical (unpaired) electrons. The number of hydrogen-bond acceptors (Lipinski definition) is 9. The first kappa shape index (κ1) is 15.6. The Morgan fingerprint density at radius 1 is 1.00 bits per heavy atom. The Morgan fingerprint density at radius 3 is 1.27 bits per heavy atom. The molecule has 86 valence electrons. The number of hydrogen-bond donors (Lipinski definition) is 4. The van der Waals surface area contributed by atoms with Crippen LogP contribution in [0.15, 0.2) is 0 Å². The second kappa shape index (κ2) is 8.74. The second-order valence-electron chi connectivity index (χ2n) is 1.67. The molecule has 8 N–H and O–H groups in total. The molecule has 0 aliphatic rings. The first-order valence-electron chi connectivity index (χ1n) is 3.07. The molecule has 0 saturated heterocycles. The Labute approximate surface area is 87.5 Å². The third kappa shape index (κ3) is 12.1. The minimum Gasteiger partial charge on any atom is -0.760 e. The molecular formula is C4H10N7O3S-. The van der Waals surface area contributed by atoms with Gasteiger partial charge in [0.05, 0.1) is 0 Å². The number of anilines is 3. The molecular weight excluding hydrogens is 226 g/mol. The van der Waals surface area contributed by atoms with Gasteiger partial charge in [-0.3, -0.25) is 9.35 Å². The first-order chi connectivity index (χ1) is 6.91. The molecule has 1 heterocycles. The fourth-order valence-corrected chi connectivity index (χ4v) is 0.427. The van der Waals surface area contributed by atoms with Crippen LogP contribution in [-0.2, 0) is 16.1 Å². The lowest BCUT2D eigenvalue weighted by Gasteiger charge is -1.93. The van der Waals surface area contributed by atoms with Crippen molar-refractivity contribution in [3.8, 4) is 0 Å². The molecule has 0 saturated carbocycles. The Morgan fingerprint density at radius 2 is 1.13 bits per heavy atom. The van der Waals surface area contributed by atoms with Crippen LogP contribution >= 0.6 is 0 Å². The third-order valence-electron chi connectivity index (χ3n) is 0.687. The van der Waals surface area contributed by atoms with Crippen LogP contribution in [0.3, 0.4) is 0 Å². The zero-order valence-electron chi connectivity index (χ0n) is 7.49. The van der Waals surface area contributed by atoms with Gasteiger partial charge < -0.3 is 26.5 Å². The summed E-state index contributed by atoms with van der Waals surface area (Å²) in [5.74, 6) is 0.125. The van der Waals surface area contributed by atoms with Crippen molar-refractivity contribution in [2.75, 3.05) is 17.2 Å². The second-order valence-corrected chi connectivity index (χ2v) is 2.19. The standard InChI is InChI=1S/C3H6N6.CH2O.H3NO2S/c4-1-7-2(5)9-3(6)8-1;1-2;1-4(2)3/h(H6,4,5,6,7,8,9);1H2;1H2,(H,2,3)/p-1. The summed E-state index contributed by atoms with van der Waals surface area (Å²) in [5.41, 5.74) is 15.4. The molecule has 15 heavy (non-hydrogen) atoms. The lowest BCUT2D eigenvalue weighted by molar-refractivity contribution is -0.0979. The molecule has 1 rings (SSSR count). The smallest absolute Gasteiger partial charge is 0.226 e. The van der Waals surface area contributed by atoms with Gasteiger partial charge in [0.15, 0.2) is 0 Å². The van der Waals surface area contributed by atoms with Gasteiger partial charge in [-0.25, -0.2) is 0 Å². The minimum atomic E-state index is -2.36. The predicted octanol–water partition coefficient (Wildman–Crippen LogP) is -2.83. The third-order valence-corrected chi connectivity index (χ3v) is 0.687. The molecule has 1 aromatic heterocycles. The zero-order chi connectivity index (χ0) is 12.4. The van der Waals surface area contributed by atoms with Gasteiger partial charge in [-0.2, -0.15) is 15.0 Å². The van der Waals surface area contributed by atoms with E-state index in [0.29, 0.717) is 0 Å². The van der Waals surface area contributed by atoms with E-state index in [1.165, 1.54) is 0 Å². The van der Waals surface area contributed by atoms with Gasteiger partial charge in [0.25, 0.3) is 0 Å². The van der Waals surface area contributed by atoms with E-state index in [2.05, 4.69) is 20.1 Å². The van der Waals surface area contributed by atoms with Crippen molar-refractivity contribution >= 4 is 35.9 Å². The van der Waals surface area contributed by atoms with E-state index in [1.54, 1.807) is 0 Å². The first-order valence-corrected chi connectivity index (χ1v) is 4.20. The molecule has 0 aliphatic carbocycles. The number of aromatic nitrogens is 3. The maximum absolute atomic E-state index is 8.78. The zero-order valence-corrected chi connectivity index (χ0v) is 8.31. The quantitative estimate of drug-likeness (QED) is 0.342. The highest BCUT2D eigenvalue weighted by Crippen LogP contribution is 1.97. The van der Waals surface area contributed by atoms with Crippen LogP contribution < -0.4 is 22.3 Å². The van der Waals surface area contributed by atoms with Gasteiger partial charge in [-0.1, -0.05) is 0 Å². The lowest BCUT2D eigenvalue weighted by Crippen LogP contribution is -2.05. The van der Waals surface area contributed by atoms with E-state index in [1.807, 2.05) is 6.79 Å². The van der Waals surface area contributed by atoms with Crippen LogP contribution in [0.4, 0.5) is 17.8 Å². The summed E-state index contributed by atoms with van der Waals surface area (Å²) in [6.45, 7) is 2.00. The summed E-state index contributed by atoms with van der Waals surface area (Å²) in [6.07, 6.45) is 0. The van der Waals surface area contributed by atoms with Crippen LogP contribution in [0.5, 0.6) is 0 Å². The van der Waals surface area contributed by atoms with Gasteiger partial charge >= 0.3 is 0 Å². The number of nitrogens with zero attached hydrogens (tertiary/aromatic N) is 3. The number of rotatable bonds is 0. The van der Waals surface area contributed by atoms with Gasteiger partial charge in [-0.05, 0) is 0 Å². The molecule has 0 aliphatic heterocycles. The van der Waals surface area contributed by atoms with Crippen LogP contribution in [0.2, 0.25) is 0 Å². The van der Waals surface area contributed by atoms with Crippen molar-refractivity contribution in [1.82, 2.24) is 15.0 Å². The fraction of sp³-hybridized carbons (Fsp3) is 0. The normalized spacial score (nSPS) is 10.0. The summed E-state index contributed by atoms with van der Waals surface area (Å²) in [5, 5.41) is 4.03. The number of carbonyl (C=O) groups is 1. The highest BCUT2D eigenvalue weighted by Gasteiger charge is 1.93. The molecule has 0 spiro atoms. The molecule has 0 fully saturated rings. The summed E-state index contributed by atoms with van der Waals surface area (Å²) >= 11 is -2.36. The van der Waals surface area contributed by atoms with E-state index in [4.69, 9.17) is 30.8 Å². The number of carbonyl (C=O) groups excluding carboxylic acids is 1. The largest absolute Gasteiger partial charge is 0.760 e. The number of nitrogen functional groups attached to an aromatic ring is 3. The molecule has 1 aromatic rings. The molecule has 0 aromatic carbocycles. The summed E-state index contributed by atoms with van der Waals surface area (Å²) in [7, 11) is 0. The maximum atomic E-state index is 8.78. The monoisotopic (exact) mass is 236 g/mol. The summed E-state index contributed by atoms with van der Waals surface area (Å²) in [4.78, 5) is 18.5. The molecule has 10 nitrogen and oxygen atoms in total. The number of nitrogens with two attached hydrogens (primary N) is 4. The average Bonchev–Trinajstić information content (AvgIpc) is 2.03. The van der Waals surface area contributed by atoms with Gasteiger partial charge in [0, 0.05) is 11.3 Å². The van der Waals surface area contributed by atoms with Gasteiger partial charge in [0.2, 0.25) is 17.8 Å². The van der Waals surface area contributed by atoms with Gasteiger partial charge in [-0.15, -0.1) is 0 Å². The van der Waals surface area contributed by atoms with Crippen LogP contribution in [0.25, 0.3) is 0 Å². The minimum absolute atomic E-state index is 0.0417. The topological polar surface area (TPSA) is 200 Å². The fourth-order valence-electron chi connectivity index (χ4n) is 0.427. The Kier molecular flexibility index (Phi) is 9.09. The SMILES string of the molecule is C=O.NS(=O)[O-].Nc1nc(N)nc(N)n1. The van der Waals surface area contributed by atoms with E-state index in [0.717, 1.165) is 0 Å². The van der Waals surface area contributed by atoms with E-state index in [-0.39, 0.29) is 17.8 Å². The summed E-state index contributed by atoms with van der Waals surface area (Å²) < 4.78 is 17.6. The molecule has 1 unspecified atom stereocenters. The molecule has 11 heteroatoms. The lowest BCUT2D eigenvalue weighted by atomic mass is 10.9. The molecule has 0 amide bonds. The average molecular weight is 236 g/mol. The Balaban J connectivity index is 0. The van der Waals surface area contributed by atoms with Crippen molar-refractivity contribution in [3.63, 3.8) is 0 Å². The van der Waals surface area contributed by atoms with Crippen molar-refractivity contribution in [2.45, 2.75) is 0 Å². The van der Waals surface area contributed by atoms with Crippen molar-refractivity contribution in [1.29, 1.82) is 0 Å². The molecule has 0 bridgehead atoms. The van der Waals surface area contributed by atoms with Crippen molar-refractivity contribution < 1.29 is 13.6 Å². The van der Waals surface area contributed by atoms with E-state index >= 15 is 0 Å². The van der Waals surface area contributed by atoms with Crippen LogP contribution in [0.1, 0.15) is 0 Å². The van der Waals surface area contributed by atoms with Crippen LogP contribution in [0, 0.1) is 0 Å². The van der Waals surface area contributed by atoms with Crippen LogP contribution in [-0.4, -0.2) is 30.5 Å². The highest BCUT2D eigenvalue weighted by molar-refractivity contribution is 7.76. The molecule has 1 atom stereocenters. The van der Waals surface area contributed by atoms with Crippen molar-refractivity contribution in [3.05, 3.63) is 0 Å². The maximum Gasteiger partial charge on any atom is 0.226 e. The highest BCUT2D eigenvalue weighted by atomic mass is 32.2. The Hall–Kier alpha value is -1.85. The summed E-state index contributed by atoms with van der Waals surface area (Å²) in [6, 6.07) is 0. The Bertz CT molecular complexity index is 267. The van der Waals surface area contributed by atoms with Gasteiger partial charge in [0.1, 0.15) is 6.79 Å². The van der Waals surface area contributed by atoms with E-state index < -0.39 is 11.3 Å².